The number of aromatic nitrogens is 1. The van der Waals surface area contributed by atoms with Crippen LogP contribution in [0, 0.1) is 17.5 Å². The number of halogens is 5. The predicted molar refractivity (Wildman–Crippen MR) is 126 cm³/mol. The zero-order valence-electron chi connectivity index (χ0n) is 17.7. The van der Waals surface area contributed by atoms with E-state index in [0.29, 0.717) is 27.6 Å². The Morgan fingerprint density at radius 3 is 2.26 bits per heavy atom. The molecular weight excluding hydrogens is 504 g/mol. The average molecular weight is 519 g/mol. The predicted octanol–water partition coefficient (Wildman–Crippen LogP) is 6.05. The molecule has 35 heavy (non-hydrogen) atoms. The second kappa shape index (κ2) is 9.93. The van der Waals surface area contributed by atoms with Crippen LogP contribution in [0.25, 0.3) is 22.0 Å². The largest absolute Gasteiger partial charge is 0.480 e. The average Bonchev–Trinajstić information content (AvgIpc) is 2.79. The quantitative estimate of drug-likeness (QED) is 0.325. The highest BCUT2D eigenvalue weighted by atomic mass is 35.5. The third-order valence-electron chi connectivity index (χ3n) is 5.35. The van der Waals surface area contributed by atoms with Crippen molar-refractivity contribution in [1.29, 1.82) is 0 Å². The molecule has 0 aliphatic heterocycles. The fraction of sp³-hybridized carbons (Fsp3) is 0.0800. The standard InChI is InChI=1S/C25H15Cl2F3N2O3/c26-16-10-13(28)11-17(27)21(16)15-7-6-12(14-3-2-8-31-23(14)15)9-20(25(34)35)32-24(33)22-18(29)4-1-5-19(22)30/h1-8,10-11,20H,9H2,(H,32,33)(H,34,35). The number of fused-ring (bicyclic) bond motifs is 1. The molecular formula is C25H15Cl2F3N2O3. The minimum Gasteiger partial charge on any atom is -0.480 e. The van der Waals surface area contributed by atoms with E-state index in [1.165, 1.54) is 6.20 Å². The molecule has 1 amide bonds. The van der Waals surface area contributed by atoms with Crippen molar-refractivity contribution in [3.05, 3.63) is 99.4 Å². The van der Waals surface area contributed by atoms with Gasteiger partial charge in [-0.2, -0.15) is 0 Å². The molecule has 0 aliphatic carbocycles. The Bertz CT molecular complexity index is 1440. The van der Waals surface area contributed by atoms with Gasteiger partial charge >= 0.3 is 5.97 Å². The van der Waals surface area contributed by atoms with Gasteiger partial charge in [-0.05, 0) is 35.9 Å². The van der Waals surface area contributed by atoms with E-state index in [4.69, 9.17) is 23.2 Å². The minimum absolute atomic E-state index is 0.0669. The lowest BCUT2D eigenvalue weighted by Gasteiger charge is -2.18. The fourth-order valence-electron chi connectivity index (χ4n) is 3.78. The van der Waals surface area contributed by atoms with Crippen molar-refractivity contribution in [2.24, 2.45) is 0 Å². The SMILES string of the molecule is O=C(NC(Cc1ccc(-c2c(Cl)cc(F)cc2Cl)c2ncccc12)C(=O)O)c1c(F)cccc1F. The molecule has 0 bridgehead atoms. The maximum Gasteiger partial charge on any atom is 0.326 e. The molecule has 1 atom stereocenters. The molecule has 0 fully saturated rings. The molecule has 0 spiro atoms. The van der Waals surface area contributed by atoms with Gasteiger partial charge in [0.1, 0.15) is 29.1 Å². The summed E-state index contributed by atoms with van der Waals surface area (Å²) in [6.45, 7) is 0. The number of nitrogens with one attached hydrogen (secondary N) is 1. The summed E-state index contributed by atoms with van der Waals surface area (Å²) in [5, 5.41) is 12.5. The first-order chi connectivity index (χ1) is 16.7. The summed E-state index contributed by atoms with van der Waals surface area (Å²) in [6.07, 6.45) is 1.29. The Labute approximate surface area is 207 Å². The van der Waals surface area contributed by atoms with Gasteiger partial charge in [0.15, 0.2) is 0 Å². The number of nitrogens with zero attached hydrogens (tertiary/aromatic N) is 1. The van der Waals surface area contributed by atoms with Crippen molar-refractivity contribution in [2.45, 2.75) is 12.5 Å². The van der Waals surface area contributed by atoms with E-state index in [1.807, 2.05) is 0 Å². The van der Waals surface area contributed by atoms with Crippen LogP contribution in [0.5, 0.6) is 0 Å². The molecule has 2 N–H and O–H groups in total. The van der Waals surface area contributed by atoms with Crippen molar-refractivity contribution in [1.82, 2.24) is 10.3 Å². The van der Waals surface area contributed by atoms with Gasteiger partial charge in [-0.25, -0.2) is 18.0 Å². The van der Waals surface area contributed by atoms with Crippen LogP contribution in [0.2, 0.25) is 10.0 Å². The first-order valence-electron chi connectivity index (χ1n) is 10.2. The summed E-state index contributed by atoms with van der Waals surface area (Å²) in [6, 6.07) is 10.1. The summed E-state index contributed by atoms with van der Waals surface area (Å²) < 4.78 is 41.6. The van der Waals surface area contributed by atoms with Gasteiger partial charge < -0.3 is 10.4 Å². The number of hydrogen-bond donors (Lipinski definition) is 2. The number of carbonyl (C=O) groups is 2. The summed E-state index contributed by atoms with van der Waals surface area (Å²) >= 11 is 12.5. The van der Waals surface area contributed by atoms with Crippen molar-refractivity contribution in [3.8, 4) is 11.1 Å². The van der Waals surface area contributed by atoms with Gasteiger partial charge in [-0.1, -0.05) is 47.5 Å². The molecule has 1 heterocycles. The highest BCUT2D eigenvalue weighted by molar-refractivity contribution is 6.39. The first-order valence-corrected chi connectivity index (χ1v) is 10.9. The Balaban J connectivity index is 1.73. The molecule has 1 aromatic heterocycles. The number of amides is 1. The smallest absolute Gasteiger partial charge is 0.326 e. The maximum atomic E-state index is 14.0. The molecule has 0 aliphatic rings. The lowest BCUT2D eigenvalue weighted by molar-refractivity contribution is -0.139. The molecule has 5 nitrogen and oxygen atoms in total. The molecule has 4 rings (SSSR count). The Hall–Kier alpha value is -3.62. The molecule has 3 aromatic carbocycles. The van der Waals surface area contributed by atoms with Crippen LogP contribution in [0.3, 0.4) is 0 Å². The highest BCUT2D eigenvalue weighted by Gasteiger charge is 2.26. The van der Waals surface area contributed by atoms with E-state index in [-0.39, 0.29) is 16.5 Å². The lowest BCUT2D eigenvalue weighted by atomic mass is 9.95. The molecule has 4 aromatic rings. The number of carboxylic acid groups (broad SMARTS) is 1. The van der Waals surface area contributed by atoms with Crippen LogP contribution in [0.1, 0.15) is 15.9 Å². The molecule has 178 valence electrons. The first kappa shape index (κ1) is 24.5. The van der Waals surface area contributed by atoms with E-state index in [0.717, 1.165) is 30.3 Å². The second-order valence-electron chi connectivity index (χ2n) is 7.58. The topological polar surface area (TPSA) is 79.3 Å². The number of carbonyl (C=O) groups excluding carboxylic acids is 1. The van der Waals surface area contributed by atoms with Crippen LogP contribution >= 0.6 is 23.2 Å². The Morgan fingerprint density at radius 2 is 1.63 bits per heavy atom. The molecule has 10 heteroatoms. The number of carboxylic acids is 1. The van der Waals surface area contributed by atoms with Crippen LogP contribution in [-0.2, 0) is 11.2 Å². The van der Waals surface area contributed by atoms with Crippen LogP contribution < -0.4 is 5.32 Å². The van der Waals surface area contributed by atoms with Gasteiger partial charge in [-0.15, -0.1) is 0 Å². The van der Waals surface area contributed by atoms with Crippen molar-refractivity contribution in [3.63, 3.8) is 0 Å². The maximum absolute atomic E-state index is 14.0. The van der Waals surface area contributed by atoms with Crippen LogP contribution in [0.4, 0.5) is 13.2 Å². The van der Waals surface area contributed by atoms with Crippen LogP contribution in [-0.4, -0.2) is 28.0 Å². The van der Waals surface area contributed by atoms with E-state index < -0.39 is 40.9 Å². The number of benzene rings is 3. The van der Waals surface area contributed by atoms with E-state index in [9.17, 15) is 27.9 Å². The van der Waals surface area contributed by atoms with Crippen molar-refractivity contribution >= 4 is 46.0 Å². The number of pyridine rings is 1. The third kappa shape index (κ3) is 4.94. The van der Waals surface area contributed by atoms with Crippen molar-refractivity contribution in [2.75, 3.05) is 0 Å². The number of aliphatic carboxylic acids is 1. The molecule has 0 saturated carbocycles. The minimum atomic E-state index is -1.51. The zero-order chi connectivity index (χ0) is 25.3. The third-order valence-corrected chi connectivity index (χ3v) is 5.95. The Morgan fingerprint density at radius 1 is 0.971 bits per heavy atom. The summed E-state index contributed by atoms with van der Waals surface area (Å²) in [5.74, 6) is -5.43. The highest BCUT2D eigenvalue weighted by Crippen LogP contribution is 2.39. The van der Waals surface area contributed by atoms with E-state index >= 15 is 0 Å². The molecule has 0 radical (unpaired) electrons. The Kier molecular flexibility index (Phi) is 6.95. The monoisotopic (exact) mass is 518 g/mol. The summed E-state index contributed by atoms with van der Waals surface area (Å²) in [7, 11) is 0. The number of hydrogen-bond acceptors (Lipinski definition) is 3. The second-order valence-corrected chi connectivity index (χ2v) is 8.40. The van der Waals surface area contributed by atoms with Gasteiger partial charge in [0.2, 0.25) is 0 Å². The zero-order valence-corrected chi connectivity index (χ0v) is 19.2. The van der Waals surface area contributed by atoms with Gasteiger partial charge in [0.25, 0.3) is 5.91 Å². The summed E-state index contributed by atoms with van der Waals surface area (Å²) in [5.41, 5.74) is 0.858. The van der Waals surface area contributed by atoms with Gasteiger partial charge in [-0.3, -0.25) is 9.78 Å². The van der Waals surface area contributed by atoms with E-state index in [2.05, 4.69) is 10.3 Å². The van der Waals surface area contributed by atoms with Gasteiger partial charge in [0.05, 0.1) is 15.6 Å². The van der Waals surface area contributed by atoms with E-state index in [1.54, 1.807) is 24.3 Å². The van der Waals surface area contributed by atoms with Crippen molar-refractivity contribution < 1.29 is 27.9 Å². The normalized spacial score (nSPS) is 11.9. The van der Waals surface area contributed by atoms with Crippen LogP contribution in [0.15, 0.2) is 60.8 Å². The summed E-state index contributed by atoms with van der Waals surface area (Å²) in [4.78, 5) is 28.7. The fourth-order valence-corrected chi connectivity index (χ4v) is 4.44. The molecule has 1 unspecified atom stereocenters. The lowest BCUT2D eigenvalue weighted by Crippen LogP contribution is -2.43. The van der Waals surface area contributed by atoms with Gasteiger partial charge in [0, 0.05) is 29.1 Å². The number of rotatable bonds is 6. The molecule has 0 saturated heterocycles.